The van der Waals surface area contributed by atoms with E-state index in [0.29, 0.717) is 17.1 Å². The van der Waals surface area contributed by atoms with Gasteiger partial charge >= 0.3 is 0 Å². The molecule has 136 valence electrons. The number of hydrogen-bond acceptors (Lipinski definition) is 3. The Labute approximate surface area is 166 Å². The number of aryl methyl sites for hydroxylation is 1. The van der Waals surface area contributed by atoms with Crippen molar-refractivity contribution in [2.24, 2.45) is 0 Å². The Morgan fingerprint density at radius 3 is 2.56 bits per heavy atom. The van der Waals surface area contributed by atoms with E-state index < -0.39 is 0 Å². The standard InChI is InChI=1S/C21H18BrN3O2/c1-14-4-2-5-15(10-14)11-20(26)24-18-7-3-6-16(12-18)21(27)25-19-9-8-17(22)13-23-19/h2-10,12-13H,11H2,1H3,(H,24,26)(H,23,25,27). The Kier molecular flexibility index (Phi) is 5.98. The van der Waals surface area contributed by atoms with Crippen molar-refractivity contribution in [1.82, 2.24) is 4.98 Å². The van der Waals surface area contributed by atoms with E-state index in [1.807, 2.05) is 31.2 Å². The van der Waals surface area contributed by atoms with E-state index in [0.717, 1.165) is 15.6 Å². The summed E-state index contributed by atoms with van der Waals surface area (Å²) < 4.78 is 0.832. The topological polar surface area (TPSA) is 71.1 Å². The van der Waals surface area contributed by atoms with Crippen LogP contribution in [0.15, 0.2) is 71.3 Å². The van der Waals surface area contributed by atoms with E-state index in [4.69, 9.17) is 0 Å². The molecule has 0 spiro atoms. The molecule has 6 heteroatoms. The van der Waals surface area contributed by atoms with Crippen LogP contribution in [0.4, 0.5) is 11.5 Å². The summed E-state index contributed by atoms with van der Waals surface area (Å²) in [5, 5.41) is 5.56. The minimum atomic E-state index is -0.292. The number of carbonyl (C=O) groups is 2. The Balaban J connectivity index is 1.65. The van der Waals surface area contributed by atoms with Crippen molar-refractivity contribution in [2.75, 3.05) is 10.6 Å². The van der Waals surface area contributed by atoms with Gasteiger partial charge in [-0.2, -0.15) is 0 Å². The molecule has 3 aromatic rings. The van der Waals surface area contributed by atoms with E-state index in [1.165, 1.54) is 0 Å². The molecule has 2 N–H and O–H groups in total. The van der Waals surface area contributed by atoms with Crippen LogP contribution in [0.2, 0.25) is 0 Å². The molecular formula is C21H18BrN3O2. The summed E-state index contributed by atoms with van der Waals surface area (Å²) in [5.41, 5.74) is 3.07. The lowest BCUT2D eigenvalue weighted by Crippen LogP contribution is -2.16. The number of carbonyl (C=O) groups excluding carboxylic acids is 2. The fourth-order valence-electron chi connectivity index (χ4n) is 2.59. The highest BCUT2D eigenvalue weighted by atomic mass is 79.9. The lowest BCUT2D eigenvalue weighted by molar-refractivity contribution is -0.115. The molecule has 0 fully saturated rings. The molecule has 2 aromatic carbocycles. The summed E-state index contributed by atoms with van der Waals surface area (Å²) in [4.78, 5) is 28.8. The predicted octanol–water partition coefficient (Wildman–Crippen LogP) is 4.59. The zero-order chi connectivity index (χ0) is 19.2. The maximum Gasteiger partial charge on any atom is 0.256 e. The molecule has 27 heavy (non-hydrogen) atoms. The highest BCUT2D eigenvalue weighted by molar-refractivity contribution is 9.10. The molecule has 5 nitrogen and oxygen atoms in total. The van der Waals surface area contributed by atoms with Crippen molar-refractivity contribution >= 4 is 39.2 Å². The van der Waals surface area contributed by atoms with Crippen molar-refractivity contribution < 1.29 is 9.59 Å². The van der Waals surface area contributed by atoms with Gasteiger partial charge in [-0.25, -0.2) is 4.98 Å². The van der Waals surface area contributed by atoms with E-state index in [9.17, 15) is 9.59 Å². The van der Waals surface area contributed by atoms with Crippen molar-refractivity contribution in [1.29, 1.82) is 0 Å². The summed E-state index contributed by atoms with van der Waals surface area (Å²) in [6.07, 6.45) is 1.89. The van der Waals surface area contributed by atoms with Crippen LogP contribution in [0.25, 0.3) is 0 Å². The van der Waals surface area contributed by atoms with Gasteiger partial charge in [-0.05, 0) is 58.7 Å². The molecule has 0 aliphatic heterocycles. The number of benzene rings is 2. The first-order chi connectivity index (χ1) is 13.0. The van der Waals surface area contributed by atoms with Gasteiger partial charge in [-0.15, -0.1) is 0 Å². The number of rotatable bonds is 5. The van der Waals surface area contributed by atoms with E-state index >= 15 is 0 Å². The average molecular weight is 424 g/mol. The van der Waals surface area contributed by atoms with Crippen LogP contribution >= 0.6 is 15.9 Å². The maximum atomic E-state index is 12.4. The average Bonchev–Trinajstić information content (AvgIpc) is 2.63. The molecule has 0 bridgehead atoms. The fraction of sp³-hybridized carbons (Fsp3) is 0.0952. The smallest absolute Gasteiger partial charge is 0.256 e. The normalized spacial score (nSPS) is 10.3. The minimum absolute atomic E-state index is 0.132. The first-order valence-electron chi connectivity index (χ1n) is 8.38. The highest BCUT2D eigenvalue weighted by Gasteiger charge is 2.09. The molecule has 0 radical (unpaired) electrons. The van der Waals surface area contributed by atoms with E-state index in [-0.39, 0.29) is 18.2 Å². The molecule has 1 aromatic heterocycles. The van der Waals surface area contributed by atoms with Gasteiger partial charge in [0.1, 0.15) is 5.82 Å². The van der Waals surface area contributed by atoms with Crippen LogP contribution in [-0.2, 0) is 11.2 Å². The van der Waals surface area contributed by atoms with Gasteiger partial charge in [-0.1, -0.05) is 35.9 Å². The summed E-state index contributed by atoms with van der Waals surface area (Å²) in [5.74, 6) is 0.0319. The fourth-order valence-corrected chi connectivity index (χ4v) is 2.82. The minimum Gasteiger partial charge on any atom is -0.326 e. The second kappa shape index (κ2) is 8.60. The molecule has 0 aliphatic carbocycles. The van der Waals surface area contributed by atoms with Crippen LogP contribution in [0, 0.1) is 6.92 Å². The quantitative estimate of drug-likeness (QED) is 0.630. The van der Waals surface area contributed by atoms with E-state index in [1.54, 1.807) is 42.6 Å². The number of anilines is 2. The van der Waals surface area contributed by atoms with E-state index in [2.05, 4.69) is 31.5 Å². The number of nitrogens with one attached hydrogen (secondary N) is 2. The zero-order valence-corrected chi connectivity index (χ0v) is 16.3. The number of halogens is 1. The van der Waals surface area contributed by atoms with Gasteiger partial charge < -0.3 is 10.6 Å². The van der Waals surface area contributed by atoms with Crippen LogP contribution in [0.5, 0.6) is 0 Å². The highest BCUT2D eigenvalue weighted by Crippen LogP contribution is 2.15. The Bertz CT molecular complexity index is 971. The number of nitrogens with zero attached hydrogens (tertiary/aromatic N) is 1. The monoisotopic (exact) mass is 423 g/mol. The lowest BCUT2D eigenvalue weighted by atomic mass is 10.1. The lowest BCUT2D eigenvalue weighted by Gasteiger charge is -2.09. The third-order valence-corrected chi connectivity index (χ3v) is 4.29. The SMILES string of the molecule is Cc1cccc(CC(=O)Nc2cccc(C(=O)Nc3ccc(Br)cn3)c2)c1. The predicted molar refractivity (Wildman–Crippen MR) is 110 cm³/mol. The first-order valence-corrected chi connectivity index (χ1v) is 9.17. The van der Waals surface area contributed by atoms with Crippen molar-refractivity contribution in [3.05, 3.63) is 88.0 Å². The molecule has 0 saturated heterocycles. The molecule has 2 amide bonds. The van der Waals surface area contributed by atoms with Gasteiger partial charge in [0, 0.05) is 21.9 Å². The van der Waals surface area contributed by atoms with Gasteiger partial charge in [0.2, 0.25) is 5.91 Å². The second-order valence-corrected chi connectivity index (χ2v) is 7.03. The van der Waals surface area contributed by atoms with Crippen molar-refractivity contribution in [3.63, 3.8) is 0 Å². The Hall–Kier alpha value is -2.99. The zero-order valence-electron chi connectivity index (χ0n) is 14.7. The molecule has 0 unspecified atom stereocenters. The van der Waals surface area contributed by atoms with Crippen LogP contribution in [0.3, 0.4) is 0 Å². The van der Waals surface area contributed by atoms with Crippen molar-refractivity contribution in [3.8, 4) is 0 Å². The van der Waals surface area contributed by atoms with Gasteiger partial charge in [-0.3, -0.25) is 9.59 Å². The van der Waals surface area contributed by atoms with Crippen LogP contribution in [-0.4, -0.2) is 16.8 Å². The van der Waals surface area contributed by atoms with Gasteiger partial charge in [0.05, 0.1) is 6.42 Å². The van der Waals surface area contributed by atoms with Crippen LogP contribution in [0.1, 0.15) is 21.5 Å². The largest absolute Gasteiger partial charge is 0.326 e. The molecule has 0 aliphatic rings. The first kappa shape index (κ1) is 18.8. The number of pyridine rings is 1. The summed E-state index contributed by atoms with van der Waals surface area (Å²) in [7, 11) is 0. The molecule has 3 rings (SSSR count). The Morgan fingerprint density at radius 2 is 1.81 bits per heavy atom. The Morgan fingerprint density at radius 1 is 1.00 bits per heavy atom. The second-order valence-electron chi connectivity index (χ2n) is 6.11. The molecular weight excluding hydrogens is 406 g/mol. The van der Waals surface area contributed by atoms with Crippen LogP contribution < -0.4 is 10.6 Å². The van der Waals surface area contributed by atoms with Crippen molar-refractivity contribution in [2.45, 2.75) is 13.3 Å². The summed E-state index contributed by atoms with van der Waals surface area (Å²) >= 11 is 3.30. The molecule has 1 heterocycles. The number of aromatic nitrogens is 1. The third kappa shape index (κ3) is 5.49. The van der Waals surface area contributed by atoms with Gasteiger partial charge in [0.15, 0.2) is 0 Å². The number of amides is 2. The third-order valence-electron chi connectivity index (χ3n) is 3.82. The molecule has 0 saturated carbocycles. The summed E-state index contributed by atoms with van der Waals surface area (Å²) in [6, 6.07) is 18.1. The molecule has 0 atom stereocenters. The van der Waals surface area contributed by atoms with Gasteiger partial charge in [0.25, 0.3) is 5.91 Å². The summed E-state index contributed by atoms with van der Waals surface area (Å²) in [6.45, 7) is 1.99. The number of hydrogen-bond donors (Lipinski definition) is 2. The maximum absolute atomic E-state index is 12.4.